The van der Waals surface area contributed by atoms with E-state index in [-0.39, 0.29) is 30.2 Å². The van der Waals surface area contributed by atoms with Gasteiger partial charge in [-0.3, -0.25) is 4.79 Å². The Labute approximate surface area is 232 Å². The van der Waals surface area contributed by atoms with Gasteiger partial charge in [0.1, 0.15) is 5.56 Å². The summed E-state index contributed by atoms with van der Waals surface area (Å²) in [6, 6.07) is 5.71. The third kappa shape index (κ3) is 4.30. The van der Waals surface area contributed by atoms with Crippen molar-refractivity contribution in [2.24, 2.45) is 0 Å². The van der Waals surface area contributed by atoms with Crippen molar-refractivity contribution in [3.8, 4) is 0 Å². The molecule has 7 rings (SSSR count). The number of likely N-dealkylation sites (N-methyl/N-ethyl adjacent to an activating group) is 1. The van der Waals surface area contributed by atoms with Gasteiger partial charge in [-0.15, -0.1) is 0 Å². The van der Waals surface area contributed by atoms with Gasteiger partial charge in [0.25, 0.3) is 0 Å². The Morgan fingerprint density at radius 3 is 2.56 bits per heavy atom. The van der Waals surface area contributed by atoms with Crippen molar-refractivity contribution in [1.29, 1.82) is 0 Å². The van der Waals surface area contributed by atoms with E-state index in [1.54, 1.807) is 0 Å². The Hall–Kier alpha value is -3.80. The van der Waals surface area contributed by atoms with E-state index in [0.717, 1.165) is 54.9 Å². The van der Waals surface area contributed by atoms with E-state index in [9.17, 15) is 26.7 Å². The number of hydrogen-bond donors (Lipinski definition) is 1. The van der Waals surface area contributed by atoms with Crippen LogP contribution in [0.5, 0.6) is 0 Å². The molecule has 1 atom stereocenters. The molecule has 0 radical (unpaired) electrons. The zero-order valence-corrected chi connectivity index (χ0v) is 22.1. The number of hydrogen-bond acceptors (Lipinski definition) is 7. The van der Waals surface area contributed by atoms with Gasteiger partial charge in [-0.1, -0.05) is 6.42 Å². The average molecular weight is 572 g/mol. The number of carbonyl (C=O) groups is 1. The zero-order chi connectivity index (χ0) is 28.7. The largest absolute Gasteiger partial charge is 0.451 e. The lowest BCUT2D eigenvalue weighted by molar-refractivity contribution is -0.190. The molecular weight excluding hydrogens is 545 g/mol. The smallest absolute Gasteiger partial charge is 0.421 e. The third-order valence-electron chi connectivity index (χ3n) is 8.66. The number of nitrogens with zero attached hydrogens (tertiary/aromatic N) is 4. The van der Waals surface area contributed by atoms with E-state index in [2.05, 4.69) is 20.2 Å². The number of rotatable bonds is 4. The summed E-state index contributed by atoms with van der Waals surface area (Å²) in [5, 5.41) is 3.10. The lowest BCUT2D eigenvalue weighted by atomic mass is 9.76. The van der Waals surface area contributed by atoms with Gasteiger partial charge in [0.2, 0.25) is 5.95 Å². The number of benzene rings is 2. The molecule has 1 aliphatic carbocycles. The molecule has 3 aromatic rings. The monoisotopic (exact) mass is 571 g/mol. The molecule has 1 aromatic heterocycles. The molecule has 41 heavy (non-hydrogen) atoms. The van der Waals surface area contributed by atoms with Crippen LogP contribution in [-0.4, -0.2) is 41.0 Å². The van der Waals surface area contributed by atoms with Crippen molar-refractivity contribution in [1.82, 2.24) is 14.9 Å². The van der Waals surface area contributed by atoms with Crippen LogP contribution in [0.1, 0.15) is 59.4 Å². The molecule has 12 heteroatoms. The van der Waals surface area contributed by atoms with Gasteiger partial charge in [-0.25, -0.2) is 13.8 Å². The summed E-state index contributed by atoms with van der Waals surface area (Å²) < 4.78 is 76.4. The maximum Gasteiger partial charge on any atom is 0.421 e. The number of nitrogens with one attached hydrogen (secondary N) is 1. The van der Waals surface area contributed by atoms with E-state index in [4.69, 9.17) is 4.74 Å². The predicted octanol–water partition coefficient (Wildman–Crippen LogP) is 6.07. The lowest BCUT2D eigenvalue weighted by Gasteiger charge is -2.37. The van der Waals surface area contributed by atoms with Crippen LogP contribution < -0.4 is 10.2 Å². The first-order chi connectivity index (χ1) is 19.5. The first-order valence-electron chi connectivity index (χ1n) is 13.6. The Morgan fingerprint density at radius 1 is 1.12 bits per heavy atom. The van der Waals surface area contributed by atoms with E-state index in [1.165, 1.54) is 17.5 Å². The van der Waals surface area contributed by atoms with E-state index in [0.29, 0.717) is 17.8 Å². The normalized spacial score (nSPS) is 22.2. The molecule has 1 unspecified atom stereocenters. The van der Waals surface area contributed by atoms with E-state index >= 15 is 0 Å². The van der Waals surface area contributed by atoms with Crippen LogP contribution in [0.4, 0.5) is 45.1 Å². The van der Waals surface area contributed by atoms with E-state index in [1.807, 2.05) is 19.2 Å². The summed E-state index contributed by atoms with van der Waals surface area (Å²) in [7, 11) is 2.05. The van der Waals surface area contributed by atoms with Gasteiger partial charge in [0, 0.05) is 36.6 Å². The molecule has 1 saturated heterocycles. The molecule has 0 amide bonds. The second-order valence-electron chi connectivity index (χ2n) is 11.4. The van der Waals surface area contributed by atoms with Gasteiger partial charge in [0.15, 0.2) is 23.1 Å². The lowest BCUT2D eigenvalue weighted by Crippen LogP contribution is -2.47. The van der Waals surface area contributed by atoms with E-state index < -0.39 is 40.8 Å². The van der Waals surface area contributed by atoms with Gasteiger partial charge in [-0.05, 0) is 67.1 Å². The Balaban J connectivity index is 1.30. The fourth-order valence-electron chi connectivity index (χ4n) is 6.42. The average Bonchev–Trinajstić information content (AvgIpc) is 3.16. The van der Waals surface area contributed by atoms with Crippen LogP contribution in [0, 0.1) is 11.6 Å². The minimum atomic E-state index is -4.84. The molecule has 4 heterocycles. The Kier molecular flexibility index (Phi) is 5.80. The molecular formula is C29H26F5N5O2. The fourth-order valence-corrected chi connectivity index (χ4v) is 6.42. The predicted molar refractivity (Wildman–Crippen MR) is 139 cm³/mol. The number of halogens is 5. The molecule has 2 aromatic carbocycles. The first-order valence-corrected chi connectivity index (χ1v) is 13.6. The van der Waals surface area contributed by atoms with Crippen LogP contribution in [0.3, 0.4) is 0 Å². The first kappa shape index (κ1) is 26.1. The second kappa shape index (κ2) is 9.10. The fraction of sp³-hybridized carbons (Fsp3) is 0.414. The Morgan fingerprint density at radius 2 is 1.88 bits per heavy atom. The molecule has 1 spiro atoms. The molecule has 1 N–H and O–H groups in total. The van der Waals surface area contributed by atoms with Crippen LogP contribution in [0.25, 0.3) is 0 Å². The highest BCUT2D eigenvalue weighted by Crippen LogP contribution is 2.53. The van der Waals surface area contributed by atoms with Crippen molar-refractivity contribution in [3.63, 3.8) is 0 Å². The van der Waals surface area contributed by atoms with Crippen molar-refractivity contribution in [2.75, 3.05) is 30.4 Å². The number of aromatic nitrogens is 2. The molecule has 1 saturated carbocycles. The van der Waals surface area contributed by atoms with Gasteiger partial charge >= 0.3 is 12.1 Å². The van der Waals surface area contributed by atoms with Crippen molar-refractivity contribution < 1.29 is 31.5 Å². The SMILES string of the molecule is CN1CCc2c(cc(Nc3ncc(C(F)(F)F)c(N4CC5(CC(=O)O5)c5cc(F)c(F)cc54)n3)cc2C2CCC2)C1. The summed E-state index contributed by atoms with van der Waals surface area (Å²) in [5.41, 5.74) is 1.96. The van der Waals surface area contributed by atoms with Crippen LogP contribution in [-0.2, 0) is 34.3 Å². The van der Waals surface area contributed by atoms with Crippen molar-refractivity contribution in [2.45, 2.75) is 56.3 Å². The topological polar surface area (TPSA) is 70.6 Å². The molecule has 0 bridgehead atoms. The number of carbonyl (C=O) groups excluding carboxylic acids is 1. The summed E-state index contributed by atoms with van der Waals surface area (Å²) >= 11 is 0. The third-order valence-corrected chi connectivity index (χ3v) is 8.66. The molecule has 3 aliphatic heterocycles. The highest BCUT2D eigenvalue weighted by atomic mass is 19.4. The number of anilines is 4. The van der Waals surface area contributed by atoms with Gasteiger partial charge in [-0.2, -0.15) is 18.2 Å². The number of esters is 1. The summed E-state index contributed by atoms with van der Waals surface area (Å²) in [6.07, 6.45) is -0.0210. The van der Waals surface area contributed by atoms with Gasteiger partial charge in [0.05, 0.1) is 18.7 Å². The number of alkyl halides is 3. The summed E-state index contributed by atoms with van der Waals surface area (Å²) in [4.78, 5) is 23.3. The molecule has 2 fully saturated rings. The van der Waals surface area contributed by atoms with Crippen molar-refractivity contribution in [3.05, 3.63) is 69.9 Å². The summed E-state index contributed by atoms with van der Waals surface area (Å²) in [5.74, 6) is -3.17. The highest BCUT2D eigenvalue weighted by molar-refractivity contribution is 5.84. The Bertz CT molecular complexity index is 1580. The molecule has 7 nitrogen and oxygen atoms in total. The van der Waals surface area contributed by atoms with Crippen molar-refractivity contribution >= 4 is 29.1 Å². The van der Waals surface area contributed by atoms with Crippen LogP contribution >= 0.6 is 0 Å². The summed E-state index contributed by atoms with van der Waals surface area (Å²) in [6.45, 7) is 1.45. The standard InChI is InChI=1S/C29H26F5N5O2/c1-38-6-5-18-16(13-38)7-17(8-19(18)15-3-2-4-15)36-27-35-12-21(29(32,33)34)26(37-27)39-14-28(11-25(40)41-28)20-9-22(30)23(31)10-24(20)39/h7-10,12,15H,2-6,11,13-14H2,1H3,(H,35,36,37). The van der Waals surface area contributed by atoms with Crippen LogP contribution in [0.15, 0.2) is 30.5 Å². The highest BCUT2D eigenvalue weighted by Gasteiger charge is 2.56. The molecule has 214 valence electrons. The maximum atomic E-state index is 14.3. The minimum Gasteiger partial charge on any atom is -0.451 e. The molecule has 4 aliphatic rings. The minimum absolute atomic E-state index is 0.0457. The quantitative estimate of drug-likeness (QED) is 0.301. The van der Waals surface area contributed by atoms with Gasteiger partial charge < -0.3 is 19.9 Å². The second-order valence-corrected chi connectivity index (χ2v) is 11.4. The zero-order valence-electron chi connectivity index (χ0n) is 22.1. The number of fused-ring (bicyclic) bond motifs is 3. The van der Waals surface area contributed by atoms with Crippen LogP contribution in [0.2, 0.25) is 0 Å². The maximum absolute atomic E-state index is 14.3. The number of ether oxygens (including phenoxy) is 1.